The molecule has 0 amide bonds. The predicted octanol–water partition coefficient (Wildman–Crippen LogP) is 3.30. The Morgan fingerprint density at radius 1 is 1.35 bits per heavy atom. The summed E-state index contributed by atoms with van der Waals surface area (Å²) in [4.78, 5) is 4.64. The molecule has 3 unspecified atom stereocenters. The molecular weight excluding hydrogens is 290 g/mol. The van der Waals surface area contributed by atoms with E-state index in [0.29, 0.717) is 16.5 Å². The van der Waals surface area contributed by atoms with Crippen LogP contribution in [0, 0.1) is 0 Å². The first kappa shape index (κ1) is 16.2. The molecule has 0 aromatic carbocycles. The van der Waals surface area contributed by atoms with Gasteiger partial charge in [0.15, 0.2) is 5.82 Å². The van der Waals surface area contributed by atoms with Crippen molar-refractivity contribution in [3.63, 3.8) is 0 Å². The van der Waals surface area contributed by atoms with Gasteiger partial charge in [0.05, 0.1) is 5.25 Å². The van der Waals surface area contributed by atoms with Gasteiger partial charge in [-0.05, 0) is 13.0 Å². The summed E-state index contributed by atoms with van der Waals surface area (Å²) in [5.41, 5.74) is 0. The lowest BCUT2D eigenvalue weighted by Gasteiger charge is -2.24. The van der Waals surface area contributed by atoms with Gasteiger partial charge >= 0.3 is 0 Å². The van der Waals surface area contributed by atoms with E-state index in [4.69, 9.17) is 4.52 Å². The van der Waals surface area contributed by atoms with Gasteiger partial charge < -0.3 is 9.84 Å². The fourth-order valence-electron chi connectivity index (χ4n) is 2.51. The van der Waals surface area contributed by atoms with Crippen LogP contribution in [0.1, 0.15) is 50.6 Å². The van der Waals surface area contributed by atoms with E-state index in [0.717, 1.165) is 31.1 Å². The summed E-state index contributed by atoms with van der Waals surface area (Å²) in [6, 6.07) is 0.448. The van der Waals surface area contributed by atoms with E-state index < -0.39 is 0 Å². The molecular formula is C14H25N3OS2. The number of likely N-dealkylation sites (N-methyl/N-ethyl adjacent to an activating group) is 1. The van der Waals surface area contributed by atoms with Gasteiger partial charge in [-0.3, -0.25) is 0 Å². The summed E-state index contributed by atoms with van der Waals surface area (Å²) in [6.45, 7) is 7.59. The molecule has 0 saturated carbocycles. The Morgan fingerprint density at radius 2 is 2.15 bits per heavy atom. The number of rotatable bonds is 7. The van der Waals surface area contributed by atoms with Crippen LogP contribution in [0.4, 0.5) is 0 Å². The van der Waals surface area contributed by atoms with Gasteiger partial charge in [-0.15, -0.1) is 11.8 Å². The summed E-state index contributed by atoms with van der Waals surface area (Å²) < 4.78 is 5.47. The summed E-state index contributed by atoms with van der Waals surface area (Å²) >= 11 is 3.96. The van der Waals surface area contributed by atoms with Crippen LogP contribution in [0.15, 0.2) is 4.52 Å². The lowest BCUT2D eigenvalue weighted by Crippen LogP contribution is -2.30. The van der Waals surface area contributed by atoms with Crippen molar-refractivity contribution < 1.29 is 4.52 Å². The monoisotopic (exact) mass is 315 g/mol. The van der Waals surface area contributed by atoms with Crippen LogP contribution in [-0.4, -0.2) is 39.5 Å². The number of hydrogen-bond acceptors (Lipinski definition) is 6. The number of nitrogens with zero attached hydrogens (tertiary/aromatic N) is 2. The third-order valence-corrected chi connectivity index (χ3v) is 6.56. The van der Waals surface area contributed by atoms with Crippen LogP contribution in [0.5, 0.6) is 0 Å². The second-order valence-electron chi connectivity index (χ2n) is 5.16. The topological polar surface area (TPSA) is 51.0 Å². The van der Waals surface area contributed by atoms with Crippen molar-refractivity contribution in [3.05, 3.63) is 11.7 Å². The molecule has 4 nitrogen and oxygen atoms in total. The van der Waals surface area contributed by atoms with E-state index in [1.807, 2.05) is 23.5 Å². The number of aromatic nitrogens is 2. The van der Waals surface area contributed by atoms with Gasteiger partial charge in [0, 0.05) is 29.2 Å². The Labute approximate surface area is 130 Å². The summed E-state index contributed by atoms with van der Waals surface area (Å²) in [7, 11) is 0. The van der Waals surface area contributed by atoms with E-state index in [9.17, 15) is 0 Å². The number of hydrogen-bond donors (Lipinski definition) is 1. The van der Waals surface area contributed by atoms with E-state index in [2.05, 4.69) is 36.2 Å². The Balaban J connectivity index is 1.96. The Bertz CT molecular complexity index is 394. The molecule has 0 spiro atoms. The van der Waals surface area contributed by atoms with Gasteiger partial charge in [-0.25, -0.2) is 0 Å². The van der Waals surface area contributed by atoms with Crippen LogP contribution >= 0.6 is 23.5 Å². The zero-order valence-electron chi connectivity index (χ0n) is 12.6. The molecule has 1 N–H and O–H groups in total. The minimum absolute atomic E-state index is 0.384. The van der Waals surface area contributed by atoms with Crippen molar-refractivity contribution >= 4 is 23.5 Å². The van der Waals surface area contributed by atoms with E-state index in [1.54, 1.807) is 0 Å². The van der Waals surface area contributed by atoms with Crippen LogP contribution in [0.3, 0.4) is 0 Å². The van der Waals surface area contributed by atoms with E-state index >= 15 is 0 Å². The largest absolute Gasteiger partial charge is 0.339 e. The fourth-order valence-corrected chi connectivity index (χ4v) is 5.19. The van der Waals surface area contributed by atoms with Crippen molar-refractivity contribution in [3.8, 4) is 0 Å². The highest BCUT2D eigenvalue weighted by Gasteiger charge is 2.28. The molecule has 1 aromatic rings. The first-order valence-electron chi connectivity index (χ1n) is 7.53. The Kier molecular flexibility index (Phi) is 6.71. The van der Waals surface area contributed by atoms with Crippen molar-refractivity contribution in [1.29, 1.82) is 0 Å². The molecule has 1 aliphatic rings. The fraction of sp³-hybridized carbons (Fsp3) is 0.857. The molecule has 1 saturated heterocycles. The SMILES string of the molecule is CCCC(Cc1nc(C2SCCSC2C)no1)NCC. The smallest absolute Gasteiger partial charge is 0.228 e. The highest BCUT2D eigenvalue weighted by Crippen LogP contribution is 2.41. The van der Waals surface area contributed by atoms with Gasteiger partial charge in [0.2, 0.25) is 5.89 Å². The highest BCUT2D eigenvalue weighted by atomic mass is 32.2. The van der Waals surface area contributed by atoms with Gasteiger partial charge in [0.25, 0.3) is 0 Å². The van der Waals surface area contributed by atoms with Crippen LogP contribution < -0.4 is 5.32 Å². The second kappa shape index (κ2) is 8.29. The van der Waals surface area contributed by atoms with Crippen molar-refractivity contribution in [2.24, 2.45) is 0 Å². The summed E-state index contributed by atoms with van der Waals surface area (Å²) in [5, 5.41) is 8.66. The maximum atomic E-state index is 5.47. The molecule has 2 rings (SSSR count). The van der Waals surface area contributed by atoms with E-state index in [1.165, 1.54) is 17.9 Å². The molecule has 2 heterocycles. The summed E-state index contributed by atoms with van der Waals surface area (Å²) in [5.74, 6) is 4.07. The van der Waals surface area contributed by atoms with Crippen LogP contribution in [0.25, 0.3) is 0 Å². The van der Waals surface area contributed by atoms with Gasteiger partial charge in [-0.2, -0.15) is 16.7 Å². The third kappa shape index (κ3) is 4.40. The minimum Gasteiger partial charge on any atom is -0.339 e. The average Bonchev–Trinajstić information content (AvgIpc) is 2.88. The van der Waals surface area contributed by atoms with Gasteiger partial charge in [0.1, 0.15) is 0 Å². The number of thioether (sulfide) groups is 2. The molecule has 1 fully saturated rings. The van der Waals surface area contributed by atoms with Crippen LogP contribution in [0.2, 0.25) is 0 Å². The van der Waals surface area contributed by atoms with Crippen molar-refractivity contribution in [2.45, 2.75) is 56.6 Å². The maximum absolute atomic E-state index is 5.47. The molecule has 0 radical (unpaired) electrons. The Hall–Kier alpha value is -0.200. The molecule has 114 valence electrons. The van der Waals surface area contributed by atoms with E-state index in [-0.39, 0.29) is 0 Å². The molecule has 1 aliphatic heterocycles. The molecule has 6 heteroatoms. The molecule has 20 heavy (non-hydrogen) atoms. The number of nitrogens with one attached hydrogen (secondary N) is 1. The second-order valence-corrected chi connectivity index (χ2v) is 7.90. The molecule has 1 aromatic heterocycles. The zero-order chi connectivity index (χ0) is 14.4. The lowest BCUT2D eigenvalue weighted by molar-refractivity contribution is 0.348. The molecule has 3 atom stereocenters. The van der Waals surface area contributed by atoms with Gasteiger partial charge in [-0.1, -0.05) is 32.3 Å². The lowest BCUT2D eigenvalue weighted by atomic mass is 10.1. The average molecular weight is 316 g/mol. The Morgan fingerprint density at radius 3 is 2.85 bits per heavy atom. The van der Waals surface area contributed by atoms with Crippen molar-refractivity contribution in [2.75, 3.05) is 18.1 Å². The predicted molar refractivity (Wildman–Crippen MR) is 87.5 cm³/mol. The zero-order valence-corrected chi connectivity index (χ0v) is 14.2. The van der Waals surface area contributed by atoms with Crippen LogP contribution in [-0.2, 0) is 6.42 Å². The quantitative estimate of drug-likeness (QED) is 0.833. The molecule has 0 aliphatic carbocycles. The first-order valence-corrected chi connectivity index (χ1v) is 9.63. The first-order chi connectivity index (χ1) is 9.74. The maximum Gasteiger partial charge on any atom is 0.228 e. The third-order valence-electron chi connectivity index (χ3n) is 3.48. The summed E-state index contributed by atoms with van der Waals surface area (Å²) in [6.07, 6.45) is 3.16. The molecule has 0 bridgehead atoms. The highest BCUT2D eigenvalue weighted by molar-refractivity contribution is 8.06. The van der Waals surface area contributed by atoms with Crippen molar-refractivity contribution in [1.82, 2.24) is 15.5 Å². The minimum atomic E-state index is 0.384. The standard InChI is InChI=1S/C14H25N3OS2/c1-4-6-11(15-5-2)9-12-16-14(17-18-12)13-10(3)19-7-8-20-13/h10-11,13,15H,4-9H2,1-3H3. The normalized spacial score (nSPS) is 24.8.